The SMILES string of the molecule is C=CCN1C(=O)C(=CC=C2N(C)c3ccccc3C2(C)C)SC1=NS(=O)(=O)c1ccc(F)cc1. The number of thioether (sulfide) groups is 1. The predicted octanol–water partition coefficient (Wildman–Crippen LogP) is 4.83. The van der Waals surface area contributed by atoms with Crippen molar-refractivity contribution in [2.24, 2.45) is 4.40 Å². The van der Waals surface area contributed by atoms with Gasteiger partial charge in [0.05, 0.1) is 9.80 Å². The summed E-state index contributed by atoms with van der Waals surface area (Å²) >= 11 is 0.983. The van der Waals surface area contributed by atoms with E-state index in [4.69, 9.17) is 0 Å². The lowest BCUT2D eigenvalue weighted by Gasteiger charge is -2.23. The van der Waals surface area contributed by atoms with Crippen LogP contribution in [0.1, 0.15) is 19.4 Å². The molecule has 1 fully saturated rings. The highest BCUT2D eigenvalue weighted by Crippen LogP contribution is 2.46. The van der Waals surface area contributed by atoms with Crippen LogP contribution in [0.2, 0.25) is 0 Å². The van der Waals surface area contributed by atoms with Crippen molar-refractivity contribution in [3.63, 3.8) is 0 Å². The van der Waals surface area contributed by atoms with Gasteiger partial charge in [0.15, 0.2) is 5.17 Å². The lowest BCUT2D eigenvalue weighted by atomic mass is 9.84. The number of carbonyl (C=O) groups excluding carboxylic acids is 1. The minimum absolute atomic E-state index is 0.0289. The van der Waals surface area contributed by atoms with E-state index in [1.165, 1.54) is 16.5 Å². The molecule has 0 N–H and O–H groups in total. The first-order valence-electron chi connectivity index (χ1n) is 10.5. The molecule has 2 aromatic carbocycles. The molecule has 0 radical (unpaired) electrons. The summed E-state index contributed by atoms with van der Waals surface area (Å²) in [7, 11) is -2.15. The Labute approximate surface area is 203 Å². The van der Waals surface area contributed by atoms with Crippen LogP contribution in [0.15, 0.2) is 93.2 Å². The van der Waals surface area contributed by atoms with E-state index in [9.17, 15) is 17.6 Å². The Balaban J connectivity index is 1.70. The minimum atomic E-state index is -4.13. The number of amidine groups is 1. The Morgan fingerprint density at radius 2 is 1.79 bits per heavy atom. The first-order valence-corrected chi connectivity index (χ1v) is 12.8. The van der Waals surface area contributed by atoms with Gasteiger partial charge in [-0.3, -0.25) is 9.69 Å². The maximum absolute atomic E-state index is 13.2. The zero-order chi connectivity index (χ0) is 24.7. The Morgan fingerprint density at radius 3 is 2.44 bits per heavy atom. The van der Waals surface area contributed by atoms with Gasteiger partial charge in [0.25, 0.3) is 15.9 Å². The number of nitrogens with zero attached hydrogens (tertiary/aromatic N) is 3. The fourth-order valence-corrected chi connectivity index (χ4v) is 6.23. The van der Waals surface area contributed by atoms with Gasteiger partial charge in [-0.1, -0.05) is 38.1 Å². The average molecular weight is 498 g/mol. The fourth-order valence-electron chi connectivity index (χ4n) is 4.10. The molecule has 1 saturated heterocycles. The Bertz CT molecular complexity index is 1360. The van der Waals surface area contributed by atoms with Crippen LogP contribution in [0.5, 0.6) is 0 Å². The zero-order valence-electron chi connectivity index (χ0n) is 19.0. The second-order valence-corrected chi connectivity index (χ2v) is 11.0. The van der Waals surface area contributed by atoms with E-state index in [1.54, 1.807) is 6.08 Å². The van der Waals surface area contributed by atoms with Gasteiger partial charge in [-0.2, -0.15) is 8.42 Å². The molecule has 9 heteroatoms. The molecule has 2 aliphatic rings. The Kier molecular flexibility index (Phi) is 6.26. The van der Waals surface area contributed by atoms with Crippen molar-refractivity contribution in [3.8, 4) is 0 Å². The summed E-state index contributed by atoms with van der Waals surface area (Å²) in [5.74, 6) is -0.906. The van der Waals surface area contributed by atoms with Gasteiger partial charge < -0.3 is 4.90 Å². The maximum atomic E-state index is 13.2. The van der Waals surface area contributed by atoms with Crippen LogP contribution in [0, 0.1) is 5.82 Å². The molecule has 2 heterocycles. The Morgan fingerprint density at radius 1 is 1.12 bits per heavy atom. The predicted molar refractivity (Wildman–Crippen MR) is 135 cm³/mol. The van der Waals surface area contributed by atoms with Gasteiger partial charge in [-0.05, 0) is 59.8 Å². The highest BCUT2D eigenvalue weighted by Gasteiger charge is 2.38. The number of amides is 1. The molecule has 0 atom stereocenters. The molecule has 0 bridgehead atoms. The van der Waals surface area contributed by atoms with E-state index in [1.807, 2.05) is 25.3 Å². The van der Waals surface area contributed by atoms with Gasteiger partial charge in [0.1, 0.15) is 5.82 Å². The molecule has 0 saturated carbocycles. The van der Waals surface area contributed by atoms with Crippen LogP contribution in [-0.4, -0.2) is 38.0 Å². The lowest BCUT2D eigenvalue weighted by molar-refractivity contribution is -0.121. The van der Waals surface area contributed by atoms with E-state index in [2.05, 4.69) is 41.9 Å². The summed E-state index contributed by atoms with van der Waals surface area (Å²) < 4.78 is 42.6. The fraction of sp³-hybridized carbons (Fsp3) is 0.200. The molecular weight excluding hydrogens is 473 g/mol. The van der Waals surface area contributed by atoms with E-state index >= 15 is 0 Å². The lowest BCUT2D eigenvalue weighted by Crippen LogP contribution is -2.29. The van der Waals surface area contributed by atoms with Crippen molar-refractivity contribution >= 4 is 38.5 Å². The first-order chi connectivity index (χ1) is 16.1. The van der Waals surface area contributed by atoms with Gasteiger partial charge in [-0.25, -0.2) is 4.39 Å². The van der Waals surface area contributed by atoms with E-state index < -0.39 is 15.8 Å². The largest absolute Gasteiger partial charge is 0.347 e. The molecule has 34 heavy (non-hydrogen) atoms. The number of allylic oxidation sites excluding steroid dienone is 3. The van der Waals surface area contributed by atoms with Crippen molar-refractivity contribution in [1.82, 2.24) is 4.90 Å². The van der Waals surface area contributed by atoms with Gasteiger partial charge in [-0.15, -0.1) is 11.0 Å². The number of fused-ring (bicyclic) bond motifs is 1. The summed E-state index contributed by atoms with van der Waals surface area (Å²) in [6, 6.07) is 12.5. The molecule has 1 amide bonds. The standard InChI is InChI=1S/C25H24FN3O3S2/c1-5-16-29-23(30)21(33-24(29)27-34(31,32)18-12-10-17(26)11-13-18)14-15-22-25(2,3)19-8-6-7-9-20(19)28(22)4/h5-15H,1,16H2,2-4H3. The van der Waals surface area contributed by atoms with Gasteiger partial charge >= 0.3 is 0 Å². The summed E-state index contributed by atoms with van der Waals surface area (Å²) in [5, 5.41) is 0.0289. The number of rotatable bonds is 5. The van der Waals surface area contributed by atoms with Crippen LogP contribution in [0.4, 0.5) is 10.1 Å². The summed E-state index contributed by atoms with van der Waals surface area (Å²) in [5.41, 5.74) is 3.03. The van der Waals surface area contributed by atoms with Crippen molar-refractivity contribution in [1.29, 1.82) is 0 Å². The third-order valence-electron chi connectivity index (χ3n) is 5.84. The number of likely N-dealkylation sites (N-methyl/N-ethyl adjacent to an activating group) is 1. The number of para-hydroxylation sites is 1. The molecule has 0 aliphatic carbocycles. The van der Waals surface area contributed by atoms with Crippen molar-refractivity contribution in [3.05, 3.63) is 95.3 Å². The van der Waals surface area contributed by atoms with Crippen molar-refractivity contribution in [2.75, 3.05) is 18.5 Å². The molecule has 176 valence electrons. The third-order valence-corrected chi connectivity index (χ3v) is 8.26. The quantitative estimate of drug-likeness (QED) is 0.437. The number of anilines is 1. The van der Waals surface area contributed by atoms with Crippen molar-refractivity contribution < 1.29 is 17.6 Å². The maximum Gasteiger partial charge on any atom is 0.284 e. The highest BCUT2D eigenvalue weighted by molar-refractivity contribution is 8.19. The van der Waals surface area contributed by atoms with Gasteiger partial charge in [0, 0.05) is 30.4 Å². The number of sulfonamides is 1. The van der Waals surface area contributed by atoms with E-state index in [-0.39, 0.29) is 27.9 Å². The number of hydrogen-bond acceptors (Lipinski definition) is 5. The molecule has 2 aliphatic heterocycles. The zero-order valence-corrected chi connectivity index (χ0v) is 20.7. The monoisotopic (exact) mass is 497 g/mol. The highest BCUT2D eigenvalue weighted by atomic mass is 32.2. The number of hydrogen-bond donors (Lipinski definition) is 0. The van der Waals surface area contributed by atoms with Crippen LogP contribution >= 0.6 is 11.8 Å². The smallest absolute Gasteiger partial charge is 0.284 e. The van der Waals surface area contributed by atoms with E-state index in [0.29, 0.717) is 4.91 Å². The number of benzene rings is 2. The molecule has 0 spiro atoms. The van der Waals surface area contributed by atoms with Crippen LogP contribution in [0.25, 0.3) is 0 Å². The third kappa shape index (κ3) is 4.21. The van der Waals surface area contributed by atoms with Gasteiger partial charge in [0.2, 0.25) is 0 Å². The topological polar surface area (TPSA) is 70.1 Å². The summed E-state index contributed by atoms with van der Waals surface area (Å²) in [6.45, 7) is 8.00. The molecule has 2 aromatic rings. The molecule has 6 nitrogen and oxygen atoms in total. The van der Waals surface area contributed by atoms with Crippen molar-refractivity contribution in [2.45, 2.75) is 24.2 Å². The Hall–Kier alpha value is -3.17. The van der Waals surface area contributed by atoms with E-state index in [0.717, 1.165) is 47.4 Å². The first kappa shape index (κ1) is 24.0. The second kappa shape index (κ2) is 8.88. The summed E-state index contributed by atoms with van der Waals surface area (Å²) in [6.07, 6.45) is 5.10. The number of carbonyl (C=O) groups is 1. The minimum Gasteiger partial charge on any atom is -0.347 e. The second-order valence-electron chi connectivity index (χ2n) is 8.39. The molecule has 0 aromatic heterocycles. The molecule has 0 unspecified atom stereocenters. The van der Waals surface area contributed by atoms with Crippen LogP contribution in [-0.2, 0) is 20.2 Å². The average Bonchev–Trinajstić information content (AvgIpc) is 3.18. The van der Waals surface area contributed by atoms with Crippen LogP contribution < -0.4 is 4.90 Å². The number of halogens is 1. The van der Waals surface area contributed by atoms with Crippen LogP contribution in [0.3, 0.4) is 0 Å². The normalized spacial score (nSPS) is 21.1. The summed E-state index contributed by atoms with van der Waals surface area (Å²) in [4.78, 5) is 16.6. The molecular formula is C25H24FN3O3S2. The molecule has 4 rings (SSSR count).